The van der Waals surface area contributed by atoms with E-state index < -0.39 is 5.97 Å². The Kier molecular flexibility index (Phi) is 2.77. The van der Waals surface area contributed by atoms with Crippen LogP contribution in [0.5, 0.6) is 0 Å². The number of aryl methyl sites for hydroxylation is 1. The summed E-state index contributed by atoms with van der Waals surface area (Å²) in [6.45, 7) is 1.71. The maximum Gasteiger partial charge on any atom is 0.322 e. The highest BCUT2D eigenvalue weighted by Crippen LogP contribution is 2.32. The molecule has 0 fully saturated rings. The standard InChI is InChI=1S/C9H11N3O2S/c1-5-11-7-4-15-3-6(7)9(12-5)10-2-8(13)14/h2-4H2,1H3,(H,13,14)(H,10,11,12). The van der Waals surface area contributed by atoms with Gasteiger partial charge < -0.3 is 10.4 Å². The van der Waals surface area contributed by atoms with Crippen LogP contribution in [-0.2, 0) is 16.3 Å². The predicted molar refractivity (Wildman–Crippen MR) is 57.9 cm³/mol. The van der Waals surface area contributed by atoms with Gasteiger partial charge in [-0.2, -0.15) is 11.8 Å². The van der Waals surface area contributed by atoms with Crippen LogP contribution in [-0.4, -0.2) is 27.6 Å². The third-order valence-corrected chi connectivity index (χ3v) is 3.07. The summed E-state index contributed by atoms with van der Waals surface area (Å²) in [6, 6.07) is 0. The molecule has 2 rings (SSSR count). The van der Waals surface area contributed by atoms with E-state index in [2.05, 4.69) is 15.3 Å². The van der Waals surface area contributed by atoms with Crippen LogP contribution < -0.4 is 5.32 Å². The number of carboxylic acid groups (broad SMARTS) is 1. The first-order chi connectivity index (χ1) is 7.16. The van der Waals surface area contributed by atoms with Gasteiger partial charge in [-0.15, -0.1) is 0 Å². The molecule has 5 nitrogen and oxygen atoms in total. The number of thioether (sulfide) groups is 1. The molecule has 0 aromatic carbocycles. The van der Waals surface area contributed by atoms with Crippen molar-refractivity contribution in [2.24, 2.45) is 0 Å². The Bertz CT molecular complexity index is 409. The Morgan fingerprint density at radius 2 is 2.33 bits per heavy atom. The average Bonchev–Trinajstić information content (AvgIpc) is 2.61. The lowest BCUT2D eigenvalue weighted by molar-refractivity contribution is -0.134. The van der Waals surface area contributed by atoms with Crippen molar-refractivity contribution >= 4 is 23.5 Å². The third-order valence-electron chi connectivity index (χ3n) is 2.10. The van der Waals surface area contributed by atoms with Crippen molar-refractivity contribution in [3.8, 4) is 0 Å². The number of aliphatic carboxylic acids is 1. The average molecular weight is 225 g/mol. The summed E-state index contributed by atoms with van der Waals surface area (Å²) in [6.07, 6.45) is 0. The Balaban J connectivity index is 2.26. The number of nitrogens with zero attached hydrogens (tertiary/aromatic N) is 2. The monoisotopic (exact) mass is 225 g/mol. The fraction of sp³-hybridized carbons (Fsp3) is 0.444. The molecule has 0 saturated heterocycles. The van der Waals surface area contributed by atoms with Crippen LogP contribution in [0.2, 0.25) is 0 Å². The van der Waals surface area contributed by atoms with Crippen molar-refractivity contribution in [1.29, 1.82) is 0 Å². The summed E-state index contributed by atoms with van der Waals surface area (Å²) >= 11 is 1.77. The molecule has 1 aliphatic rings. The summed E-state index contributed by atoms with van der Waals surface area (Å²) in [7, 11) is 0. The number of rotatable bonds is 3. The molecule has 0 bridgehead atoms. The minimum absolute atomic E-state index is 0.104. The molecule has 0 amide bonds. The van der Waals surface area contributed by atoms with Crippen LogP contribution in [0.4, 0.5) is 5.82 Å². The topological polar surface area (TPSA) is 75.1 Å². The number of hydrogen-bond donors (Lipinski definition) is 2. The van der Waals surface area contributed by atoms with Crippen LogP contribution in [0.15, 0.2) is 0 Å². The van der Waals surface area contributed by atoms with Gasteiger partial charge in [0.15, 0.2) is 0 Å². The third kappa shape index (κ3) is 2.20. The lowest BCUT2D eigenvalue weighted by Crippen LogP contribution is -2.15. The molecule has 0 saturated carbocycles. The molecule has 0 radical (unpaired) electrons. The molecule has 2 N–H and O–H groups in total. The van der Waals surface area contributed by atoms with E-state index in [0.717, 1.165) is 22.8 Å². The van der Waals surface area contributed by atoms with Crippen molar-refractivity contribution < 1.29 is 9.90 Å². The Hall–Kier alpha value is -1.30. The SMILES string of the molecule is Cc1nc2c(c(NCC(=O)O)n1)CSC2. The molecular formula is C9H11N3O2S. The van der Waals surface area contributed by atoms with E-state index in [4.69, 9.17) is 5.11 Å². The summed E-state index contributed by atoms with van der Waals surface area (Å²) in [5, 5.41) is 11.4. The van der Waals surface area contributed by atoms with Gasteiger partial charge in [0.05, 0.1) is 5.69 Å². The zero-order valence-corrected chi connectivity index (χ0v) is 9.10. The van der Waals surface area contributed by atoms with Crippen LogP contribution >= 0.6 is 11.8 Å². The molecule has 1 aromatic rings. The Labute approximate surface area is 91.3 Å². The van der Waals surface area contributed by atoms with E-state index in [1.165, 1.54) is 0 Å². The van der Waals surface area contributed by atoms with E-state index in [9.17, 15) is 4.79 Å². The van der Waals surface area contributed by atoms with Crippen molar-refractivity contribution in [3.63, 3.8) is 0 Å². The second-order valence-electron chi connectivity index (χ2n) is 3.28. The maximum absolute atomic E-state index is 10.4. The molecule has 80 valence electrons. The van der Waals surface area contributed by atoms with E-state index in [1.54, 1.807) is 11.8 Å². The maximum atomic E-state index is 10.4. The molecule has 0 spiro atoms. The van der Waals surface area contributed by atoms with Gasteiger partial charge >= 0.3 is 5.97 Å². The molecule has 0 unspecified atom stereocenters. The first kappa shape index (κ1) is 10.2. The fourth-order valence-corrected chi connectivity index (χ4v) is 2.52. The van der Waals surface area contributed by atoms with Gasteiger partial charge in [0.25, 0.3) is 0 Å². The summed E-state index contributed by atoms with van der Waals surface area (Å²) in [5.74, 6) is 2.22. The highest BCUT2D eigenvalue weighted by atomic mass is 32.2. The highest BCUT2D eigenvalue weighted by molar-refractivity contribution is 7.98. The normalized spacial score (nSPS) is 13.7. The number of carboxylic acids is 1. The van der Waals surface area contributed by atoms with Crippen molar-refractivity contribution in [3.05, 3.63) is 17.1 Å². The summed E-state index contributed by atoms with van der Waals surface area (Å²) in [4.78, 5) is 19.0. The largest absolute Gasteiger partial charge is 0.480 e. The smallest absolute Gasteiger partial charge is 0.322 e. The van der Waals surface area contributed by atoms with Gasteiger partial charge in [-0.25, -0.2) is 9.97 Å². The molecule has 2 heterocycles. The number of carbonyl (C=O) groups is 1. The summed E-state index contributed by atoms with van der Waals surface area (Å²) in [5.41, 5.74) is 2.08. The van der Waals surface area contributed by atoms with E-state index in [0.29, 0.717) is 11.6 Å². The van der Waals surface area contributed by atoms with Crippen LogP contribution in [0.3, 0.4) is 0 Å². The van der Waals surface area contributed by atoms with Gasteiger partial charge in [0, 0.05) is 17.1 Å². The minimum atomic E-state index is -0.884. The van der Waals surface area contributed by atoms with Crippen molar-refractivity contribution in [1.82, 2.24) is 9.97 Å². The van der Waals surface area contributed by atoms with E-state index in [-0.39, 0.29) is 6.54 Å². The second kappa shape index (κ2) is 4.06. The van der Waals surface area contributed by atoms with Crippen LogP contribution in [0, 0.1) is 6.92 Å². The number of hydrogen-bond acceptors (Lipinski definition) is 5. The van der Waals surface area contributed by atoms with Crippen molar-refractivity contribution in [2.45, 2.75) is 18.4 Å². The fourth-order valence-electron chi connectivity index (χ4n) is 1.48. The lowest BCUT2D eigenvalue weighted by Gasteiger charge is -2.08. The minimum Gasteiger partial charge on any atom is -0.480 e. The number of nitrogens with one attached hydrogen (secondary N) is 1. The van der Waals surface area contributed by atoms with Gasteiger partial charge in [-0.1, -0.05) is 0 Å². The number of anilines is 1. The quantitative estimate of drug-likeness (QED) is 0.800. The van der Waals surface area contributed by atoms with Gasteiger partial charge in [-0.3, -0.25) is 4.79 Å². The zero-order valence-electron chi connectivity index (χ0n) is 8.28. The first-order valence-electron chi connectivity index (χ1n) is 4.56. The van der Waals surface area contributed by atoms with Gasteiger partial charge in [0.1, 0.15) is 18.2 Å². The van der Waals surface area contributed by atoms with Gasteiger partial charge in [-0.05, 0) is 6.92 Å². The molecule has 1 aromatic heterocycles. The first-order valence-corrected chi connectivity index (χ1v) is 5.72. The Morgan fingerprint density at radius 1 is 1.53 bits per heavy atom. The highest BCUT2D eigenvalue weighted by Gasteiger charge is 2.18. The molecule has 0 aliphatic carbocycles. The molecule has 15 heavy (non-hydrogen) atoms. The van der Waals surface area contributed by atoms with Crippen LogP contribution in [0.1, 0.15) is 17.1 Å². The molecule has 0 atom stereocenters. The molecule has 1 aliphatic heterocycles. The number of fused-ring (bicyclic) bond motifs is 1. The Morgan fingerprint density at radius 3 is 3.07 bits per heavy atom. The lowest BCUT2D eigenvalue weighted by atomic mass is 10.2. The zero-order chi connectivity index (χ0) is 10.8. The number of aromatic nitrogens is 2. The van der Waals surface area contributed by atoms with E-state index >= 15 is 0 Å². The molecular weight excluding hydrogens is 214 g/mol. The van der Waals surface area contributed by atoms with Crippen LogP contribution in [0.25, 0.3) is 0 Å². The second-order valence-corrected chi connectivity index (χ2v) is 4.27. The predicted octanol–water partition coefficient (Wildman–Crippen LogP) is 1.03. The van der Waals surface area contributed by atoms with Crippen molar-refractivity contribution in [2.75, 3.05) is 11.9 Å². The molecule has 6 heteroatoms. The van der Waals surface area contributed by atoms with Gasteiger partial charge in [0.2, 0.25) is 0 Å². The summed E-state index contributed by atoms with van der Waals surface area (Å²) < 4.78 is 0. The van der Waals surface area contributed by atoms with E-state index in [1.807, 2.05) is 6.92 Å².